The van der Waals surface area contributed by atoms with Crippen molar-refractivity contribution < 1.29 is 0 Å². The first-order valence-electron chi connectivity index (χ1n) is 6.71. The van der Waals surface area contributed by atoms with E-state index in [2.05, 4.69) is 30.3 Å². The van der Waals surface area contributed by atoms with Crippen molar-refractivity contribution in [3.05, 3.63) is 0 Å². The zero-order valence-corrected chi connectivity index (χ0v) is 12.0. The van der Waals surface area contributed by atoms with Crippen LogP contribution in [0.5, 0.6) is 0 Å². The standard InChI is InChI=1S/C13H28N2S/c1-12(2)15(13-6-4-5-7-13)10-8-14-9-11-16-3/h12-14H,4-11H2,1-3H3. The van der Waals surface area contributed by atoms with Crippen molar-refractivity contribution in [2.45, 2.75) is 51.6 Å². The molecule has 1 saturated carbocycles. The second-order valence-corrected chi connectivity index (χ2v) is 6.00. The molecule has 0 saturated heterocycles. The first kappa shape index (κ1) is 14.3. The summed E-state index contributed by atoms with van der Waals surface area (Å²) >= 11 is 1.92. The fourth-order valence-corrected chi connectivity index (χ4v) is 2.95. The minimum absolute atomic E-state index is 0.699. The Hall–Kier alpha value is 0.270. The molecule has 1 N–H and O–H groups in total. The van der Waals surface area contributed by atoms with Gasteiger partial charge in [0.15, 0.2) is 0 Å². The van der Waals surface area contributed by atoms with E-state index in [4.69, 9.17) is 0 Å². The minimum Gasteiger partial charge on any atom is -0.315 e. The monoisotopic (exact) mass is 244 g/mol. The predicted octanol–water partition coefficient (Wildman–Crippen LogP) is 2.59. The highest BCUT2D eigenvalue weighted by Crippen LogP contribution is 2.24. The molecular formula is C13H28N2S. The van der Waals surface area contributed by atoms with Crippen molar-refractivity contribution >= 4 is 11.8 Å². The molecule has 0 radical (unpaired) electrons. The van der Waals surface area contributed by atoms with Gasteiger partial charge in [0.25, 0.3) is 0 Å². The Kier molecular flexibility index (Phi) is 7.50. The summed E-state index contributed by atoms with van der Waals surface area (Å²) < 4.78 is 0. The Labute approximate surface area is 106 Å². The Morgan fingerprint density at radius 2 is 1.94 bits per heavy atom. The van der Waals surface area contributed by atoms with Crippen LogP contribution in [0.25, 0.3) is 0 Å². The number of hydrogen-bond donors (Lipinski definition) is 1. The van der Waals surface area contributed by atoms with Crippen molar-refractivity contribution in [3.63, 3.8) is 0 Å². The van der Waals surface area contributed by atoms with E-state index >= 15 is 0 Å². The quantitative estimate of drug-likeness (QED) is 0.661. The van der Waals surface area contributed by atoms with E-state index in [-0.39, 0.29) is 0 Å². The molecule has 3 heteroatoms. The zero-order chi connectivity index (χ0) is 11.8. The fraction of sp³-hybridized carbons (Fsp3) is 1.00. The molecular weight excluding hydrogens is 216 g/mol. The van der Waals surface area contributed by atoms with Crippen molar-refractivity contribution in [2.24, 2.45) is 0 Å². The molecule has 0 aromatic rings. The third kappa shape index (κ3) is 5.07. The second kappa shape index (κ2) is 8.37. The van der Waals surface area contributed by atoms with Gasteiger partial charge in [-0.1, -0.05) is 12.8 Å². The summed E-state index contributed by atoms with van der Waals surface area (Å²) in [6, 6.07) is 1.56. The summed E-state index contributed by atoms with van der Waals surface area (Å²) in [5.74, 6) is 1.23. The van der Waals surface area contributed by atoms with Gasteiger partial charge in [0.1, 0.15) is 0 Å². The summed E-state index contributed by atoms with van der Waals surface area (Å²) in [7, 11) is 0. The summed E-state index contributed by atoms with van der Waals surface area (Å²) in [4.78, 5) is 2.69. The molecule has 0 aromatic heterocycles. The van der Waals surface area contributed by atoms with E-state index in [0.29, 0.717) is 6.04 Å². The SMILES string of the molecule is CSCCNCCN(C(C)C)C1CCCC1. The predicted molar refractivity (Wildman–Crippen MR) is 75.3 cm³/mol. The van der Waals surface area contributed by atoms with Gasteiger partial charge in [-0.3, -0.25) is 4.90 Å². The first-order chi connectivity index (χ1) is 7.75. The Morgan fingerprint density at radius 1 is 1.25 bits per heavy atom. The van der Waals surface area contributed by atoms with E-state index in [1.54, 1.807) is 0 Å². The van der Waals surface area contributed by atoms with Crippen molar-refractivity contribution in [2.75, 3.05) is 31.6 Å². The van der Waals surface area contributed by atoms with Gasteiger partial charge in [-0.25, -0.2) is 0 Å². The van der Waals surface area contributed by atoms with Crippen molar-refractivity contribution in [3.8, 4) is 0 Å². The lowest BCUT2D eigenvalue weighted by atomic mass is 10.1. The molecule has 1 fully saturated rings. The fourth-order valence-electron chi connectivity index (χ4n) is 2.61. The number of hydrogen-bond acceptors (Lipinski definition) is 3. The van der Waals surface area contributed by atoms with Gasteiger partial charge in [0.2, 0.25) is 0 Å². The Balaban J connectivity index is 2.17. The number of nitrogens with one attached hydrogen (secondary N) is 1. The van der Waals surface area contributed by atoms with Crippen LogP contribution in [0.15, 0.2) is 0 Å². The van der Waals surface area contributed by atoms with Crippen LogP contribution >= 0.6 is 11.8 Å². The lowest BCUT2D eigenvalue weighted by Crippen LogP contribution is -2.43. The molecule has 2 nitrogen and oxygen atoms in total. The van der Waals surface area contributed by atoms with Crippen LogP contribution in [0.3, 0.4) is 0 Å². The van der Waals surface area contributed by atoms with Gasteiger partial charge in [-0.15, -0.1) is 0 Å². The minimum atomic E-state index is 0.699. The molecule has 1 rings (SSSR count). The van der Waals surface area contributed by atoms with Gasteiger partial charge in [-0.2, -0.15) is 11.8 Å². The lowest BCUT2D eigenvalue weighted by molar-refractivity contribution is 0.156. The van der Waals surface area contributed by atoms with Crippen LogP contribution in [-0.2, 0) is 0 Å². The van der Waals surface area contributed by atoms with Crippen molar-refractivity contribution in [1.29, 1.82) is 0 Å². The highest BCUT2D eigenvalue weighted by atomic mass is 32.2. The highest BCUT2D eigenvalue weighted by molar-refractivity contribution is 7.98. The molecule has 1 aliphatic rings. The van der Waals surface area contributed by atoms with Gasteiger partial charge < -0.3 is 5.32 Å². The molecule has 1 aliphatic carbocycles. The number of rotatable bonds is 8. The van der Waals surface area contributed by atoms with Crippen LogP contribution in [0.1, 0.15) is 39.5 Å². The molecule has 0 bridgehead atoms. The van der Waals surface area contributed by atoms with Crippen LogP contribution in [0.4, 0.5) is 0 Å². The van der Waals surface area contributed by atoms with Gasteiger partial charge in [-0.05, 0) is 32.9 Å². The van der Waals surface area contributed by atoms with Gasteiger partial charge >= 0.3 is 0 Å². The molecule has 0 atom stereocenters. The highest BCUT2D eigenvalue weighted by Gasteiger charge is 2.23. The second-order valence-electron chi connectivity index (χ2n) is 5.01. The molecule has 16 heavy (non-hydrogen) atoms. The lowest BCUT2D eigenvalue weighted by Gasteiger charge is -2.32. The third-order valence-corrected chi connectivity index (χ3v) is 4.10. The number of nitrogens with zero attached hydrogens (tertiary/aromatic N) is 1. The van der Waals surface area contributed by atoms with E-state index in [0.717, 1.165) is 19.1 Å². The summed E-state index contributed by atoms with van der Waals surface area (Å²) in [5.41, 5.74) is 0. The van der Waals surface area contributed by atoms with Crippen LogP contribution < -0.4 is 5.32 Å². The third-order valence-electron chi connectivity index (χ3n) is 3.49. The molecule has 0 heterocycles. The van der Waals surface area contributed by atoms with Crippen molar-refractivity contribution in [1.82, 2.24) is 10.2 Å². The maximum atomic E-state index is 3.53. The zero-order valence-electron chi connectivity index (χ0n) is 11.2. The van der Waals surface area contributed by atoms with Gasteiger partial charge in [0.05, 0.1) is 0 Å². The van der Waals surface area contributed by atoms with E-state index in [9.17, 15) is 0 Å². The summed E-state index contributed by atoms with van der Waals surface area (Å²) in [6.07, 6.45) is 7.88. The molecule has 0 amide bonds. The normalized spacial score (nSPS) is 17.8. The largest absolute Gasteiger partial charge is 0.315 e. The van der Waals surface area contributed by atoms with E-state index in [1.165, 1.54) is 38.0 Å². The maximum Gasteiger partial charge on any atom is 0.0112 e. The molecule has 0 unspecified atom stereocenters. The topological polar surface area (TPSA) is 15.3 Å². The van der Waals surface area contributed by atoms with Crippen LogP contribution in [-0.4, -0.2) is 48.6 Å². The molecule has 0 aromatic carbocycles. The Bertz CT molecular complexity index is 167. The number of thioether (sulfide) groups is 1. The van der Waals surface area contributed by atoms with E-state index in [1.807, 2.05) is 11.8 Å². The molecule has 0 spiro atoms. The van der Waals surface area contributed by atoms with Crippen LogP contribution in [0.2, 0.25) is 0 Å². The van der Waals surface area contributed by atoms with E-state index < -0.39 is 0 Å². The molecule has 0 aliphatic heterocycles. The first-order valence-corrected chi connectivity index (χ1v) is 8.10. The Morgan fingerprint density at radius 3 is 2.50 bits per heavy atom. The van der Waals surface area contributed by atoms with Crippen LogP contribution in [0, 0.1) is 0 Å². The smallest absolute Gasteiger partial charge is 0.0112 e. The summed E-state index contributed by atoms with van der Waals surface area (Å²) in [5, 5.41) is 3.53. The average molecular weight is 244 g/mol. The maximum absolute atomic E-state index is 3.53. The molecule has 96 valence electrons. The average Bonchev–Trinajstić information content (AvgIpc) is 2.76. The van der Waals surface area contributed by atoms with Gasteiger partial charge in [0, 0.05) is 37.5 Å². The summed E-state index contributed by atoms with van der Waals surface area (Å²) in [6.45, 7) is 8.18.